The quantitative estimate of drug-likeness (QED) is 0.724. The molecule has 0 spiro atoms. The third kappa shape index (κ3) is 2.58. The Hall–Kier alpha value is -1.14. The summed E-state index contributed by atoms with van der Waals surface area (Å²) in [6.45, 7) is 1.05. The van der Waals surface area contributed by atoms with Crippen LogP contribution in [-0.2, 0) is 19.1 Å². The summed E-state index contributed by atoms with van der Waals surface area (Å²) in [5.41, 5.74) is -1.10. The molecule has 1 aliphatic carbocycles. The van der Waals surface area contributed by atoms with E-state index < -0.39 is 17.6 Å². The van der Waals surface area contributed by atoms with Gasteiger partial charge in [-0.2, -0.15) is 0 Å². The molecule has 0 aromatic heterocycles. The lowest BCUT2D eigenvalue weighted by atomic mass is 9.97. The average Bonchev–Trinajstić information content (AvgIpc) is 2.80. The summed E-state index contributed by atoms with van der Waals surface area (Å²) in [4.78, 5) is 23.1. The minimum atomic E-state index is -1.10. The van der Waals surface area contributed by atoms with Crippen LogP contribution in [0, 0.1) is 0 Å². The second-order valence-corrected chi connectivity index (χ2v) is 4.52. The van der Waals surface area contributed by atoms with Crippen molar-refractivity contribution >= 4 is 11.9 Å². The first-order valence-corrected chi connectivity index (χ1v) is 5.89. The zero-order valence-corrected chi connectivity index (χ0v) is 9.61. The minimum Gasteiger partial charge on any atom is -0.480 e. The number of nitrogens with one attached hydrogen (secondary N) is 1. The molecule has 1 saturated heterocycles. The Kier molecular flexibility index (Phi) is 3.63. The number of aliphatic carboxylic acids is 1. The molecule has 1 saturated carbocycles. The second kappa shape index (κ2) is 5.01. The van der Waals surface area contributed by atoms with E-state index >= 15 is 0 Å². The first-order chi connectivity index (χ1) is 8.14. The molecule has 96 valence electrons. The van der Waals surface area contributed by atoms with Gasteiger partial charge in [0.15, 0.2) is 6.10 Å². The third-order valence-corrected chi connectivity index (χ3v) is 3.34. The Morgan fingerprint density at radius 1 is 1.24 bits per heavy atom. The summed E-state index contributed by atoms with van der Waals surface area (Å²) in [6, 6.07) is 0. The summed E-state index contributed by atoms with van der Waals surface area (Å²) in [5, 5.41) is 11.8. The Balaban J connectivity index is 1.98. The molecule has 1 aliphatic heterocycles. The van der Waals surface area contributed by atoms with E-state index in [1.165, 1.54) is 0 Å². The zero-order valence-electron chi connectivity index (χ0n) is 9.61. The van der Waals surface area contributed by atoms with Crippen molar-refractivity contribution in [1.82, 2.24) is 5.32 Å². The van der Waals surface area contributed by atoms with Crippen molar-refractivity contribution in [2.75, 3.05) is 19.8 Å². The lowest BCUT2D eigenvalue weighted by Crippen LogP contribution is -2.56. The summed E-state index contributed by atoms with van der Waals surface area (Å²) in [5.74, 6) is -1.34. The van der Waals surface area contributed by atoms with Crippen LogP contribution >= 0.6 is 0 Å². The van der Waals surface area contributed by atoms with Crippen LogP contribution in [0.3, 0.4) is 0 Å². The molecular weight excluding hydrogens is 226 g/mol. The smallest absolute Gasteiger partial charge is 0.329 e. The molecule has 1 amide bonds. The van der Waals surface area contributed by atoms with E-state index in [9.17, 15) is 14.7 Å². The molecule has 0 aromatic rings. The van der Waals surface area contributed by atoms with Crippen LogP contribution in [0.15, 0.2) is 0 Å². The molecule has 2 rings (SSSR count). The van der Waals surface area contributed by atoms with Crippen molar-refractivity contribution in [3.8, 4) is 0 Å². The molecule has 6 nitrogen and oxygen atoms in total. The number of ether oxygens (including phenoxy) is 2. The fourth-order valence-electron chi connectivity index (χ4n) is 2.33. The monoisotopic (exact) mass is 243 g/mol. The number of rotatable bonds is 3. The van der Waals surface area contributed by atoms with Crippen LogP contribution in [0.2, 0.25) is 0 Å². The van der Waals surface area contributed by atoms with Gasteiger partial charge in [0, 0.05) is 0 Å². The van der Waals surface area contributed by atoms with Crippen LogP contribution in [0.4, 0.5) is 0 Å². The highest BCUT2D eigenvalue weighted by Crippen LogP contribution is 2.30. The van der Waals surface area contributed by atoms with E-state index in [2.05, 4.69) is 5.32 Å². The van der Waals surface area contributed by atoms with E-state index in [1.807, 2.05) is 0 Å². The molecule has 0 radical (unpaired) electrons. The molecule has 17 heavy (non-hydrogen) atoms. The number of hydrogen-bond acceptors (Lipinski definition) is 4. The van der Waals surface area contributed by atoms with Crippen LogP contribution in [0.1, 0.15) is 25.7 Å². The topological polar surface area (TPSA) is 84.9 Å². The minimum absolute atomic E-state index is 0.196. The van der Waals surface area contributed by atoms with E-state index in [-0.39, 0.29) is 12.5 Å². The SMILES string of the molecule is O=C(NC1(C(=O)O)CCCC1)C1COCCO1. The van der Waals surface area contributed by atoms with Crippen LogP contribution in [0.25, 0.3) is 0 Å². The van der Waals surface area contributed by atoms with E-state index in [1.54, 1.807) is 0 Å². The molecule has 1 heterocycles. The first-order valence-electron chi connectivity index (χ1n) is 5.89. The van der Waals surface area contributed by atoms with Crippen LogP contribution < -0.4 is 5.32 Å². The normalized spacial score (nSPS) is 27.6. The Bertz CT molecular complexity index is 305. The highest BCUT2D eigenvalue weighted by atomic mass is 16.6. The summed E-state index contributed by atoms with van der Waals surface area (Å²) < 4.78 is 10.4. The number of carbonyl (C=O) groups is 2. The van der Waals surface area contributed by atoms with Crippen molar-refractivity contribution in [1.29, 1.82) is 0 Å². The largest absolute Gasteiger partial charge is 0.480 e. The van der Waals surface area contributed by atoms with Gasteiger partial charge in [-0.25, -0.2) is 4.79 Å². The fraction of sp³-hybridized carbons (Fsp3) is 0.818. The van der Waals surface area contributed by atoms with Gasteiger partial charge in [0.1, 0.15) is 5.54 Å². The van der Waals surface area contributed by atoms with Crippen molar-refractivity contribution in [3.05, 3.63) is 0 Å². The van der Waals surface area contributed by atoms with E-state index in [0.29, 0.717) is 26.1 Å². The molecule has 2 fully saturated rings. The highest BCUT2D eigenvalue weighted by molar-refractivity contribution is 5.89. The number of hydrogen-bond donors (Lipinski definition) is 2. The maximum atomic E-state index is 11.9. The molecular formula is C11H17NO5. The Labute approximate surface area is 99.3 Å². The molecule has 0 bridgehead atoms. The maximum Gasteiger partial charge on any atom is 0.329 e. The van der Waals surface area contributed by atoms with Gasteiger partial charge in [0.05, 0.1) is 19.8 Å². The Morgan fingerprint density at radius 3 is 2.47 bits per heavy atom. The molecule has 6 heteroatoms. The zero-order chi connectivity index (χ0) is 12.3. The van der Waals surface area contributed by atoms with Gasteiger partial charge in [-0.05, 0) is 12.8 Å². The number of amides is 1. The number of carboxylic acids is 1. The van der Waals surface area contributed by atoms with Gasteiger partial charge in [-0.1, -0.05) is 12.8 Å². The Morgan fingerprint density at radius 2 is 1.94 bits per heavy atom. The molecule has 1 unspecified atom stereocenters. The van der Waals surface area contributed by atoms with E-state index in [4.69, 9.17) is 9.47 Å². The predicted octanol–water partition coefficient (Wildman–Crippen LogP) is -0.0846. The molecule has 2 aliphatic rings. The molecule has 0 aromatic carbocycles. The molecule has 2 N–H and O–H groups in total. The summed E-state index contributed by atoms with van der Waals surface area (Å²) >= 11 is 0. The van der Waals surface area contributed by atoms with Gasteiger partial charge < -0.3 is 19.9 Å². The summed E-state index contributed by atoms with van der Waals surface area (Å²) in [7, 11) is 0. The lowest BCUT2D eigenvalue weighted by molar-refractivity contribution is -0.156. The van der Waals surface area contributed by atoms with Crippen LogP contribution in [0.5, 0.6) is 0 Å². The van der Waals surface area contributed by atoms with Crippen molar-refractivity contribution < 1.29 is 24.2 Å². The van der Waals surface area contributed by atoms with Gasteiger partial charge in [-0.3, -0.25) is 4.79 Å². The van der Waals surface area contributed by atoms with Gasteiger partial charge in [0.25, 0.3) is 5.91 Å². The number of carbonyl (C=O) groups excluding carboxylic acids is 1. The fourth-order valence-corrected chi connectivity index (χ4v) is 2.33. The summed E-state index contributed by atoms with van der Waals surface area (Å²) in [6.07, 6.45) is 1.95. The van der Waals surface area contributed by atoms with Crippen molar-refractivity contribution in [2.45, 2.75) is 37.3 Å². The standard InChI is InChI=1S/C11H17NO5/c13-9(8-7-16-5-6-17-8)12-11(10(14)15)3-1-2-4-11/h8H,1-7H2,(H,12,13)(H,14,15). The van der Waals surface area contributed by atoms with Gasteiger partial charge in [-0.15, -0.1) is 0 Å². The lowest BCUT2D eigenvalue weighted by Gasteiger charge is -2.29. The molecule has 1 atom stereocenters. The highest BCUT2D eigenvalue weighted by Gasteiger charge is 2.43. The van der Waals surface area contributed by atoms with Crippen molar-refractivity contribution in [2.24, 2.45) is 0 Å². The van der Waals surface area contributed by atoms with Crippen LogP contribution in [-0.4, -0.2) is 48.4 Å². The third-order valence-electron chi connectivity index (χ3n) is 3.34. The number of carboxylic acid groups (broad SMARTS) is 1. The van der Waals surface area contributed by atoms with Gasteiger partial charge in [0.2, 0.25) is 0 Å². The second-order valence-electron chi connectivity index (χ2n) is 4.52. The van der Waals surface area contributed by atoms with E-state index in [0.717, 1.165) is 12.8 Å². The average molecular weight is 243 g/mol. The predicted molar refractivity (Wildman–Crippen MR) is 57.5 cm³/mol. The van der Waals surface area contributed by atoms with Crippen molar-refractivity contribution in [3.63, 3.8) is 0 Å². The first kappa shape index (κ1) is 12.3. The maximum absolute atomic E-state index is 11.9. The van der Waals surface area contributed by atoms with Gasteiger partial charge >= 0.3 is 5.97 Å².